The number of hydrogen-bond acceptors (Lipinski definition) is 5. The summed E-state index contributed by atoms with van der Waals surface area (Å²) in [6.07, 6.45) is 3.55. The number of nitrogen functional groups attached to an aromatic ring is 1. The van der Waals surface area contributed by atoms with Crippen LogP contribution in [0.4, 0.5) is 17.5 Å². The lowest BCUT2D eigenvalue weighted by molar-refractivity contribution is 1.23. The maximum Gasteiger partial charge on any atom is 0.222 e. The Morgan fingerprint density at radius 1 is 0.880 bits per heavy atom. The van der Waals surface area contributed by atoms with Crippen molar-refractivity contribution in [1.82, 2.24) is 15.0 Å². The SMILES string of the molecule is Nc1nc(Nc2cccc(Br)c2)c2cc(-c3ccncc3)ccc2n1. The summed E-state index contributed by atoms with van der Waals surface area (Å²) >= 11 is 3.48. The fourth-order valence-corrected chi connectivity index (χ4v) is 3.07. The second-order valence-electron chi connectivity index (χ2n) is 5.53. The molecule has 4 aromatic rings. The van der Waals surface area contributed by atoms with Gasteiger partial charge in [0.05, 0.1) is 5.52 Å². The molecule has 0 spiro atoms. The van der Waals surface area contributed by atoms with Crippen molar-refractivity contribution in [2.24, 2.45) is 0 Å². The van der Waals surface area contributed by atoms with Gasteiger partial charge in [-0.15, -0.1) is 0 Å². The van der Waals surface area contributed by atoms with Crippen LogP contribution in [-0.2, 0) is 0 Å². The number of aromatic nitrogens is 3. The van der Waals surface area contributed by atoms with Crippen LogP contribution < -0.4 is 11.1 Å². The van der Waals surface area contributed by atoms with Crippen LogP contribution in [0.3, 0.4) is 0 Å². The molecule has 122 valence electrons. The average molecular weight is 392 g/mol. The molecule has 0 aliphatic rings. The molecule has 0 bridgehead atoms. The summed E-state index contributed by atoms with van der Waals surface area (Å²) in [5, 5.41) is 4.24. The van der Waals surface area contributed by atoms with Gasteiger partial charge in [-0.1, -0.05) is 28.1 Å². The number of nitrogens with one attached hydrogen (secondary N) is 1. The van der Waals surface area contributed by atoms with Gasteiger partial charge < -0.3 is 11.1 Å². The fraction of sp³-hybridized carbons (Fsp3) is 0. The molecular formula is C19H14BrN5. The lowest BCUT2D eigenvalue weighted by Crippen LogP contribution is -2.01. The molecule has 0 saturated heterocycles. The van der Waals surface area contributed by atoms with Crippen LogP contribution in [0.5, 0.6) is 0 Å². The number of fused-ring (bicyclic) bond motifs is 1. The summed E-state index contributed by atoms with van der Waals surface area (Å²) < 4.78 is 0.987. The van der Waals surface area contributed by atoms with Gasteiger partial charge in [-0.05, 0) is 53.6 Å². The molecular weight excluding hydrogens is 378 g/mol. The van der Waals surface area contributed by atoms with Crippen LogP contribution in [0.25, 0.3) is 22.0 Å². The fourth-order valence-electron chi connectivity index (χ4n) is 2.67. The van der Waals surface area contributed by atoms with Crippen LogP contribution >= 0.6 is 15.9 Å². The highest BCUT2D eigenvalue weighted by Gasteiger charge is 2.09. The molecule has 0 atom stereocenters. The highest BCUT2D eigenvalue weighted by Crippen LogP contribution is 2.30. The Morgan fingerprint density at radius 3 is 2.52 bits per heavy atom. The summed E-state index contributed by atoms with van der Waals surface area (Å²) in [6.45, 7) is 0. The lowest BCUT2D eigenvalue weighted by Gasteiger charge is -2.11. The second-order valence-corrected chi connectivity index (χ2v) is 6.45. The first kappa shape index (κ1) is 15.5. The maximum absolute atomic E-state index is 5.88. The zero-order valence-electron chi connectivity index (χ0n) is 13.1. The van der Waals surface area contributed by atoms with E-state index in [9.17, 15) is 0 Å². The minimum absolute atomic E-state index is 0.238. The van der Waals surface area contributed by atoms with E-state index in [1.165, 1.54) is 0 Å². The Kier molecular flexibility index (Phi) is 4.03. The molecule has 0 amide bonds. The van der Waals surface area contributed by atoms with Gasteiger partial charge in [-0.25, -0.2) is 4.98 Å². The Labute approximate surface area is 153 Å². The molecule has 0 fully saturated rings. The van der Waals surface area contributed by atoms with E-state index in [0.29, 0.717) is 5.82 Å². The van der Waals surface area contributed by atoms with Crippen molar-refractivity contribution in [1.29, 1.82) is 0 Å². The normalized spacial score (nSPS) is 10.8. The van der Waals surface area contributed by atoms with Crippen molar-refractivity contribution < 1.29 is 0 Å². The van der Waals surface area contributed by atoms with Crippen LogP contribution in [0.15, 0.2) is 71.5 Å². The quantitative estimate of drug-likeness (QED) is 0.525. The van der Waals surface area contributed by atoms with E-state index in [4.69, 9.17) is 5.73 Å². The predicted octanol–water partition coefficient (Wildman–Crippen LogP) is 4.78. The zero-order chi connectivity index (χ0) is 17.2. The number of pyridine rings is 1. The minimum Gasteiger partial charge on any atom is -0.368 e. The minimum atomic E-state index is 0.238. The van der Waals surface area contributed by atoms with Crippen molar-refractivity contribution in [3.63, 3.8) is 0 Å². The van der Waals surface area contributed by atoms with Gasteiger partial charge >= 0.3 is 0 Å². The van der Waals surface area contributed by atoms with Crippen molar-refractivity contribution in [2.75, 3.05) is 11.1 Å². The molecule has 3 N–H and O–H groups in total. The van der Waals surface area contributed by atoms with E-state index < -0.39 is 0 Å². The molecule has 2 aromatic heterocycles. The first-order valence-corrected chi connectivity index (χ1v) is 8.48. The lowest BCUT2D eigenvalue weighted by atomic mass is 10.0. The zero-order valence-corrected chi connectivity index (χ0v) is 14.7. The van der Waals surface area contributed by atoms with Gasteiger partial charge in [-0.2, -0.15) is 4.98 Å². The molecule has 4 rings (SSSR count). The summed E-state index contributed by atoms with van der Waals surface area (Å²) in [7, 11) is 0. The van der Waals surface area contributed by atoms with E-state index in [-0.39, 0.29) is 5.95 Å². The average Bonchev–Trinajstić information content (AvgIpc) is 2.62. The van der Waals surface area contributed by atoms with E-state index in [0.717, 1.165) is 32.2 Å². The predicted molar refractivity (Wildman–Crippen MR) is 105 cm³/mol. The van der Waals surface area contributed by atoms with Gasteiger partial charge in [0.1, 0.15) is 5.82 Å². The monoisotopic (exact) mass is 391 g/mol. The maximum atomic E-state index is 5.88. The van der Waals surface area contributed by atoms with Crippen LogP contribution in [-0.4, -0.2) is 15.0 Å². The smallest absolute Gasteiger partial charge is 0.222 e. The first-order valence-electron chi connectivity index (χ1n) is 7.69. The number of halogens is 1. The molecule has 0 aliphatic heterocycles. The Balaban J connectivity index is 1.84. The largest absolute Gasteiger partial charge is 0.368 e. The summed E-state index contributed by atoms with van der Waals surface area (Å²) in [6, 6.07) is 17.9. The number of hydrogen-bond donors (Lipinski definition) is 2. The summed E-state index contributed by atoms with van der Waals surface area (Å²) in [4.78, 5) is 12.8. The standard InChI is InChI=1S/C19H14BrN5/c20-14-2-1-3-15(11-14)23-18-16-10-13(12-6-8-22-9-7-12)4-5-17(16)24-19(21)25-18/h1-11H,(H3,21,23,24,25). The first-order chi connectivity index (χ1) is 12.2. The number of nitrogens with two attached hydrogens (primary N) is 1. The van der Waals surface area contributed by atoms with Gasteiger partial charge in [0, 0.05) is 27.9 Å². The third-order valence-electron chi connectivity index (χ3n) is 3.81. The van der Waals surface area contributed by atoms with E-state index >= 15 is 0 Å². The van der Waals surface area contributed by atoms with Crippen molar-refractivity contribution in [3.05, 3.63) is 71.5 Å². The van der Waals surface area contributed by atoms with Crippen LogP contribution in [0.1, 0.15) is 0 Å². The third kappa shape index (κ3) is 3.29. The number of rotatable bonds is 3. The summed E-state index contributed by atoms with van der Waals surface area (Å²) in [5.41, 5.74) is 9.75. The van der Waals surface area contributed by atoms with E-state index in [1.54, 1.807) is 12.4 Å². The van der Waals surface area contributed by atoms with Crippen molar-refractivity contribution in [3.8, 4) is 11.1 Å². The Morgan fingerprint density at radius 2 is 1.72 bits per heavy atom. The van der Waals surface area contributed by atoms with Gasteiger partial charge in [0.25, 0.3) is 0 Å². The molecule has 25 heavy (non-hydrogen) atoms. The van der Waals surface area contributed by atoms with Gasteiger partial charge in [0.15, 0.2) is 0 Å². The van der Waals surface area contributed by atoms with Crippen molar-refractivity contribution in [2.45, 2.75) is 0 Å². The van der Waals surface area contributed by atoms with E-state index in [2.05, 4.69) is 42.3 Å². The molecule has 2 heterocycles. The number of nitrogens with zero attached hydrogens (tertiary/aromatic N) is 3. The summed E-state index contributed by atoms with van der Waals surface area (Å²) in [5.74, 6) is 0.915. The highest BCUT2D eigenvalue weighted by molar-refractivity contribution is 9.10. The molecule has 6 heteroatoms. The molecule has 0 aliphatic carbocycles. The number of anilines is 3. The Hall–Kier alpha value is -2.99. The van der Waals surface area contributed by atoms with E-state index in [1.807, 2.05) is 48.5 Å². The molecule has 0 unspecified atom stereocenters. The second kappa shape index (κ2) is 6.49. The number of benzene rings is 2. The third-order valence-corrected chi connectivity index (χ3v) is 4.31. The van der Waals surface area contributed by atoms with Crippen LogP contribution in [0, 0.1) is 0 Å². The van der Waals surface area contributed by atoms with Crippen molar-refractivity contribution >= 4 is 44.3 Å². The van der Waals surface area contributed by atoms with Crippen LogP contribution in [0.2, 0.25) is 0 Å². The molecule has 5 nitrogen and oxygen atoms in total. The topological polar surface area (TPSA) is 76.7 Å². The molecule has 2 aromatic carbocycles. The Bertz CT molecular complexity index is 1050. The molecule has 0 radical (unpaired) electrons. The highest BCUT2D eigenvalue weighted by atomic mass is 79.9. The van der Waals surface area contributed by atoms with Gasteiger partial charge in [0.2, 0.25) is 5.95 Å². The molecule has 0 saturated carbocycles. The van der Waals surface area contributed by atoms with Gasteiger partial charge in [-0.3, -0.25) is 4.98 Å².